The Bertz CT molecular complexity index is 2200. The second-order valence-corrected chi connectivity index (χ2v) is 16.1. The molecule has 0 spiro atoms. The van der Waals surface area contributed by atoms with Crippen molar-refractivity contribution < 1.29 is 31.8 Å². The zero-order valence-electron chi connectivity index (χ0n) is 26.9. The molecular formula is C34H34F2N6O5S2. The van der Waals surface area contributed by atoms with E-state index >= 15 is 0 Å². The molecule has 11 nitrogen and oxygen atoms in total. The van der Waals surface area contributed by atoms with E-state index in [1.54, 1.807) is 36.7 Å². The number of aromatic nitrogens is 5. The van der Waals surface area contributed by atoms with Gasteiger partial charge in [0, 0.05) is 18.1 Å². The van der Waals surface area contributed by atoms with E-state index < -0.39 is 63.8 Å². The molecule has 0 radical (unpaired) electrons. The van der Waals surface area contributed by atoms with Gasteiger partial charge in [-0.25, -0.2) is 36.2 Å². The molecule has 256 valence electrons. The molecule has 1 aliphatic heterocycles. The van der Waals surface area contributed by atoms with E-state index in [-0.39, 0.29) is 22.7 Å². The lowest BCUT2D eigenvalue weighted by atomic mass is 10.1. The SMILES string of the molecule is CCCSc1nc(N([C@@H]2C[C@H]2c2ccc(F)c(F)c2)S(=O)(=O)c2ccc3ccccc3c2)c2nnn([C@@H]3C[C@H](O)[C@H]4OC(C)(C)O[C@H]43)c2n1. The molecule has 3 fully saturated rings. The summed E-state index contributed by atoms with van der Waals surface area (Å²) in [4.78, 5) is 9.66. The third-order valence-corrected chi connectivity index (χ3v) is 12.2. The third kappa shape index (κ3) is 5.65. The standard InChI is InChI=1S/C34H34F2N6O5S2/c1-4-13-48-33-37-31-28(39-40-41(31)26-17-27(43)30-29(26)46-34(2,3)47-30)32(38-33)42(25-16-22(25)20-10-12-23(35)24(36)15-20)49(44,45)21-11-9-18-7-5-6-8-19(18)14-21/h5-12,14-15,22,25-27,29-30,43H,4,13,16-17H2,1-3H3/t22-,25+,26+,27-,29-,30+/m0/s1. The summed E-state index contributed by atoms with van der Waals surface area (Å²) in [5, 5.41) is 21.8. The number of ether oxygens (including phenoxy) is 2. The number of nitrogens with zero attached hydrogens (tertiary/aromatic N) is 6. The van der Waals surface area contributed by atoms with Crippen LogP contribution < -0.4 is 4.31 Å². The predicted molar refractivity (Wildman–Crippen MR) is 179 cm³/mol. The molecule has 1 saturated heterocycles. The van der Waals surface area contributed by atoms with Gasteiger partial charge in [0.05, 0.1) is 23.1 Å². The van der Waals surface area contributed by atoms with Crippen molar-refractivity contribution in [3.05, 3.63) is 77.9 Å². The number of benzene rings is 3. The Morgan fingerprint density at radius 1 is 1.00 bits per heavy atom. The Morgan fingerprint density at radius 3 is 2.55 bits per heavy atom. The van der Waals surface area contributed by atoms with Crippen molar-refractivity contribution in [3.63, 3.8) is 0 Å². The molecular weight excluding hydrogens is 675 g/mol. The molecule has 0 bridgehead atoms. The Morgan fingerprint density at radius 2 is 1.78 bits per heavy atom. The molecule has 0 amide bonds. The summed E-state index contributed by atoms with van der Waals surface area (Å²) in [7, 11) is -4.31. The van der Waals surface area contributed by atoms with E-state index in [1.807, 2.05) is 31.2 Å². The van der Waals surface area contributed by atoms with Crippen LogP contribution in [0.15, 0.2) is 70.7 Å². The van der Waals surface area contributed by atoms with Crippen molar-refractivity contribution in [2.45, 2.75) is 92.2 Å². The second-order valence-electron chi connectivity index (χ2n) is 13.2. The first-order valence-corrected chi connectivity index (χ1v) is 18.7. The fourth-order valence-electron chi connectivity index (χ4n) is 7.03. The van der Waals surface area contributed by atoms with Crippen LogP contribution in [0.4, 0.5) is 14.6 Å². The molecule has 3 aliphatic rings. The van der Waals surface area contributed by atoms with Crippen molar-refractivity contribution in [1.82, 2.24) is 25.0 Å². The van der Waals surface area contributed by atoms with E-state index in [0.29, 0.717) is 28.5 Å². The molecule has 15 heteroatoms. The smallest absolute Gasteiger partial charge is 0.265 e. The zero-order valence-corrected chi connectivity index (χ0v) is 28.5. The highest BCUT2D eigenvalue weighted by molar-refractivity contribution is 7.99. The van der Waals surface area contributed by atoms with E-state index in [0.717, 1.165) is 29.3 Å². The zero-order chi connectivity index (χ0) is 34.2. The lowest BCUT2D eigenvalue weighted by Gasteiger charge is -2.25. The monoisotopic (exact) mass is 708 g/mol. The van der Waals surface area contributed by atoms with Crippen molar-refractivity contribution in [2.75, 3.05) is 10.1 Å². The molecule has 2 aromatic heterocycles. The maximum Gasteiger partial charge on any atom is 0.265 e. The Labute approximate surface area is 285 Å². The molecule has 8 rings (SSSR count). The van der Waals surface area contributed by atoms with Crippen LogP contribution in [0.3, 0.4) is 0 Å². The first-order chi connectivity index (χ1) is 23.4. The van der Waals surface area contributed by atoms with Crippen LogP contribution in [0.25, 0.3) is 21.9 Å². The summed E-state index contributed by atoms with van der Waals surface area (Å²) >= 11 is 1.37. The highest BCUT2D eigenvalue weighted by atomic mass is 32.2. The maximum atomic E-state index is 14.9. The van der Waals surface area contributed by atoms with Gasteiger partial charge in [0.25, 0.3) is 10.0 Å². The molecule has 2 aliphatic carbocycles. The van der Waals surface area contributed by atoms with E-state index in [1.165, 1.54) is 22.1 Å². The van der Waals surface area contributed by atoms with Gasteiger partial charge < -0.3 is 14.6 Å². The highest BCUT2D eigenvalue weighted by Crippen LogP contribution is 2.50. The lowest BCUT2D eigenvalue weighted by Crippen LogP contribution is -2.35. The minimum Gasteiger partial charge on any atom is -0.390 e. The predicted octanol–water partition coefficient (Wildman–Crippen LogP) is 5.73. The fourth-order valence-corrected chi connectivity index (χ4v) is 9.41. The van der Waals surface area contributed by atoms with Gasteiger partial charge in [-0.15, -0.1) is 5.10 Å². The number of anilines is 1. The van der Waals surface area contributed by atoms with Gasteiger partial charge in [-0.1, -0.05) is 60.3 Å². The summed E-state index contributed by atoms with van der Waals surface area (Å²) in [6.07, 6.45) is -0.521. The van der Waals surface area contributed by atoms with Gasteiger partial charge in [0.1, 0.15) is 12.2 Å². The van der Waals surface area contributed by atoms with Crippen LogP contribution in [0.2, 0.25) is 0 Å². The quantitative estimate of drug-likeness (QED) is 0.150. The Balaban J connectivity index is 1.29. The van der Waals surface area contributed by atoms with Crippen LogP contribution in [-0.4, -0.2) is 74.4 Å². The van der Waals surface area contributed by atoms with Crippen LogP contribution >= 0.6 is 11.8 Å². The molecule has 3 aromatic carbocycles. The van der Waals surface area contributed by atoms with Crippen LogP contribution in [0.1, 0.15) is 57.6 Å². The number of sulfonamides is 1. The van der Waals surface area contributed by atoms with Gasteiger partial charge in [-0.2, -0.15) is 0 Å². The number of aliphatic hydroxyl groups is 1. The first kappa shape index (κ1) is 32.4. The second kappa shape index (κ2) is 11.9. The Kier molecular flexibility index (Phi) is 7.90. The summed E-state index contributed by atoms with van der Waals surface area (Å²) in [5.74, 6) is -2.63. The van der Waals surface area contributed by atoms with E-state index in [9.17, 15) is 22.3 Å². The van der Waals surface area contributed by atoms with Crippen molar-refractivity contribution in [3.8, 4) is 0 Å². The van der Waals surface area contributed by atoms with Gasteiger partial charge in [0.15, 0.2) is 39.6 Å². The molecule has 1 N–H and O–H groups in total. The third-order valence-electron chi connectivity index (χ3n) is 9.36. The largest absolute Gasteiger partial charge is 0.390 e. The highest BCUT2D eigenvalue weighted by Gasteiger charge is 2.55. The number of halogens is 2. The minimum atomic E-state index is -4.31. The van der Waals surface area contributed by atoms with Crippen LogP contribution in [0.5, 0.6) is 0 Å². The number of hydrogen-bond acceptors (Lipinski definition) is 10. The van der Waals surface area contributed by atoms with Crippen molar-refractivity contribution >= 4 is 49.5 Å². The van der Waals surface area contributed by atoms with Crippen LogP contribution in [0, 0.1) is 11.6 Å². The van der Waals surface area contributed by atoms with Gasteiger partial charge in [-0.05, 0) is 67.3 Å². The van der Waals surface area contributed by atoms with Crippen molar-refractivity contribution in [2.24, 2.45) is 0 Å². The summed E-state index contributed by atoms with van der Waals surface area (Å²) in [5.41, 5.74) is 0.917. The first-order valence-electron chi connectivity index (χ1n) is 16.2. The van der Waals surface area contributed by atoms with Crippen LogP contribution in [-0.2, 0) is 19.5 Å². The Hall–Kier alpha value is -3.76. The molecule has 2 saturated carbocycles. The van der Waals surface area contributed by atoms with Gasteiger partial charge in [-0.3, -0.25) is 0 Å². The summed E-state index contributed by atoms with van der Waals surface area (Å²) < 4.78 is 73.0. The number of thioether (sulfide) groups is 1. The molecule has 0 unspecified atom stereocenters. The molecule has 3 heterocycles. The molecule has 5 aromatic rings. The molecule has 49 heavy (non-hydrogen) atoms. The number of rotatable bonds is 9. The summed E-state index contributed by atoms with van der Waals surface area (Å²) in [6.45, 7) is 5.58. The topological polar surface area (TPSA) is 133 Å². The van der Waals surface area contributed by atoms with E-state index in [2.05, 4.69) is 10.3 Å². The van der Waals surface area contributed by atoms with Crippen molar-refractivity contribution in [1.29, 1.82) is 0 Å². The van der Waals surface area contributed by atoms with Gasteiger partial charge >= 0.3 is 0 Å². The lowest BCUT2D eigenvalue weighted by molar-refractivity contribution is -0.165. The minimum absolute atomic E-state index is 0.0390. The normalized spacial score (nSPS) is 26.0. The number of aliphatic hydroxyl groups excluding tert-OH is 1. The number of fused-ring (bicyclic) bond motifs is 3. The fraction of sp³-hybridized carbons (Fsp3) is 0.412. The summed E-state index contributed by atoms with van der Waals surface area (Å²) in [6, 6.07) is 14.8. The average molecular weight is 709 g/mol. The average Bonchev–Trinajstić information content (AvgIpc) is 3.47. The van der Waals surface area contributed by atoms with E-state index in [4.69, 9.17) is 19.4 Å². The van der Waals surface area contributed by atoms with Gasteiger partial charge in [0.2, 0.25) is 0 Å². The maximum absolute atomic E-state index is 14.9. The molecule has 6 atom stereocenters. The number of hydrogen-bond donors (Lipinski definition) is 1.